The van der Waals surface area contributed by atoms with Crippen LogP contribution in [0.4, 0.5) is 0 Å². The van der Waals surface area contributed by atoms with Gasteiger partial charge in [-0.05, 0) is 47.4 Å². The molecule has 2 atom stereocenters. The van der Waals surface area contributed by atoms with Gasteiger partial charge in [0.05, 0.1) is 19.6 Å². The van der Waals surface area contributed by atoms with Gasteiger partial charge in [0.25, 0.3) is 0 Å². The number of methoxy groups -OCH3 is 1. The lowest BCUT2D eigenvalue weighted by Gasteiger charge is -2.20. The number of nitrogens with one attached hydrogen (secondary N) is 1. The van der Waals surface area contributed by atoms with Crippen LogP contribution in [0.3, 0.4) is 0 Å². The Morgan fingerprint density at radius 2 is 1.89 bits per heavy atom. The normalized spacial score (nSPS) is 14.6. The van der Waals surface area contributed by atoms with Gasteiger partial charge in [0, 0.05) is 6.42 Å². The zero-order valence-corrected chi connectivity index (χ0v) is 15.4. The molecule has 142 valence electrons. The average molecular weight is 369 g/mol. The number of carbonyl (C=O) groups excluding carboxylic acids is 1. The van der Waals surface area contributed by atoms with Gasteiger partial charge in [-0.2, -0.15) is 0 Å². The Morgan fingerprint density at radius 3 is 2.52 bits per heavy atom. The van der Waals surface area contributed by atoms with Crippen LogP contribution in [0, 0.1) is 0 Å². The maximum atomic E-state index is 12.8. The summed E-state index contributed by atoms with van der Waals surface area (Å²) in [5.41, 5.74) is 2.34. The van der Waals surface area contributed by atoms with Crippen molar-refractivity contribution in [2.75, 3.05) is 13.7 Å². The molecule has 2 N–H and O–H groups in total. The standard InChI is InChI=1S/C21H23NO5/c1-3-17(13-4-7-16(26-2)8-5-13)20(23)22-19(21(24)25)15-6-9-18-14(12-15)10-11-27-18/h4-9,12,17,19H,3,10-11H2,1-2H3,(H,22,23)(H,24,25). The fourth-order valence-corrected chi connectivity index (χ4v) is 3.33. The number of carbonyl (C=O) groups is 2. The van der Waals surface area contributed by atoms with Crippen molar-refractivity contribution in [3.63, 3.8) is 0 Å². The van der Waals surface area contributed by atoms with Gasteiger partial charge in [0.1, 0.15) is 11.5 Å². The van der Waals surface area contributed by atoms with Crippen molar-refractivity contribution in [1.29, 1.82) is 0 Å². The Hall–Kier alpha value is -3.02. The molecule has 3 rings (SSSR count). The third-order valence-electron chi connectivity index (χ3n) is 4.82. The summed E-state index contributed by atoms with van der Waals surface area (Å²) in [6, 6.07) is 11.4. The number of fused-ring (bicyclic) bond motifs is 1. The summed E-state index contributed by atoms with van der Waals surface area (Å²) in [5, 5.41) is 12.3. The van der Waals surface area contributed by atoms with E-state index in [1.54, 1.807) is 37.4 Å². The first-order valence-electron chi connectivity index (χ1n) is 8.96. The Morgan fingerprint density at radius 1 is 1.19 bits per heavy atom. The second-order valence-electron chi connectivity index (χ2n) is 6.48. The van der Waals surface area contributed by atoms with Crippen LogP contribution in [0.2, 0.25) is 0 Å². The van der Waals surface area contributed by atoms with Gasteiger partial charge >= 0.3 is 5.97 Å². The number of ether oxygens (including phenoxy) is 2. The Kier molecular flexibility index (Phi) is 5.64. The SMILES string of the molecule is CCC(C(=O)NC(C(=O)O)c1ccc2c(c1)CCO2)c1ccc(OC)cc1. The second-order valence-corrected chi connectivity index (χ2v) is 6.48. The predicted molar refractivity (Wildman–Crippen MR) is 100 cm³/mol. The molecule has 2 aromatic carbocycles. The van der Waals surface area contributed by atoms with E-state index in [0.29, 0.717) is 24.3 Å². The van der Waals surface area contributed by atoms with Crippen molar-refractivity contribution >= 4 is 11.9 Å². The molecular formula is C21H23NO5. The molecule has 6 heteroatoms. The number of hydrogen-bond donors (Lipinski definition) is 2. The van der Waals surface area contributed by atoms with E-state index in [0.717, 1.165) is 23.3 Å². The van der Waals surface area contributed by atoms with Crippen molar-refractivity contribution < 1.29 is 24.2 Å². The number of amides is 1. The van der Waals surface area contributed by atoms with Crippen LogP contribution in [0.15, 0.2) is 42.5 Å². The lowest BCUT2D eigenvalue weighted by Crippen LogP contribution is -2.36. The van der Waals surface area contributed by atoms with Gasteiger partial charge < -0.3 is 19.9 Å². The number of carboxylic acid groups (broad SMARTS) is 1. The molecule has 0 fully saturated rings. The molecule has 0 spiro atoms. The third-order valence-corrected chi connectivity index (χ3v) is 4.82. The van der Waals surface area contributed by atoms with Crippen LogP contribution in [-0.4, -0.2) is 30.7 Å². The summed E-state index contributed by atoms with van der Waals surface area (Å²) in [6.07, 6.45) is 1.30. The number of hydrogen-bond acceptors (Lipinski definition) is 4. The van der Waals surface area contributed by atoms with Crippen molar-refractivity contribution in [1.82, 2.24) is 5.32 Å². The van der Waals surface area contributed by atoms with Crippen LogP contribution in [0.25, 0.3) is 0 Å². The highest BCUT2D eigenvalue weighted by atomic mass is 16.5. The van der Waals surface area contributed by atoms with Gasteiger partial charge in [-0.3, -0.25) is 4.79 Å². The highest BCUT2D eigenvalue weighted by Gasteiger charge is 2.28. The minimum Gasteiger partial charge on any atom is -0.497 e. The lowest BCUT2D eigenvalue weighted by molar-refractivity contribution is -0.142. The van der Waals surface area contributed by atoms with Crippen molar-refractivity contribution in [3.8, 4) is 11.5 Å². The fourth-order valence-electron chi connectivity index (χ4n) is 3.33. The summed E-state index contributed by atoms with van der Waals surface area (Å²) in [7, 11) is 1.58. The summed E-state index contributed by atoms with van der Waals surface area (Å²) in [6.45, 7) is 2.50. The Bertz CT molecular complexity index is 831. The van der Waals surface area contributed by atoms with E-state index < -0.39 is 17.9 Å². The quantitative estimate of drug-likeness (QED) is 0.783. The molecular weight excluding hydrogens is 346 g/mol. The maximum Gasteiger partial charge on any atom is 0.330 e. The first kappa shape index (κ1) is 18.8. The summed E-state index contributed by atoms with van der Waals surface area (Å²) < 4.78 is 10.6. The van der Waals surface area contributed by atoms with Gasteiger partial charge in [-0.25, -0.2) is 4.79 Å². The van der Waals surface area contributed by atoms with Crippen molar-refractivity contribution in [3.05, 3.63) is 59.2 Å². The summed E-state index contributed by atoms with van der Waals surface area (Å²) in [4.78, 5) is 24.6. The van der Waals surface area contributed by atoms with Gasteiger partial charge in [0.15, 0.2) is 6.04 Å². The number of benzene rings is 2. The van der Waals surface area contributed by atoms with Crippen LogP contribution < -0.4 is 14.8 Å². The molecule has 0 bridgehead atoms. The van der Waals surface area contributed by atoms with E-state index in [9.17, 15) is 14.7 Å². The third kappa shape index (κ3) is 4.05. The molecule has 2 aromatic rings. The van der Waals surface area contributed by atoms with Gasteiger partial charge in [-0.15, -0.1) is 0 Å². The van der Waals surface area contributed by atoms with Crippen LogP contribution in [-0.2, 0) is 16.0 Å². The number of carboxylic acids is 1. The topological polar surface area (TPSA) is 84.9 Å². The van der Waals surface area contributed by atoms with Gasteiger partial charge in [-0.1, -0.05) is 25.1 Å². The molecule has 1 amide bonds. The van der Waals surface area contributed by atoms with E-state index in [1.165, 1.54) is 0 Å². The van der Waals surface area contributed by atoms with Crippen LogP contribution in [0.5, 0.6) is 11.5 Å². The molecule has 0 saturated carbocycles. The molecule has 0 aromatic heterocycles. The maximum absolute atomic E-state index is 12.8. The first-order chi connectivity index (χ1) is 13.0. The Labute approximate surface area is 158 Å². The minimum absolute atomic E-state index is 0.313. The molecule has 0 saturated heterocycles. The minimum atomic E-state index is -1.10. The molecule has 0 aliphatic carbocycles. The largest absolute Gasteiger partial charge is 0.497 e. The summed E-state index contributed by atoms with van der Waals surface area (Å²) in [5.74, 6) is -0.356. The first-order valence-corrected chi connectivity index (χ1v) is 8.96. The van der Waals surface area contributed by atoms with E-state index in [2.05, 4.69) is 5.32 Å². The van der Waals surface area contributed by atoms with Crippen molar-refractivity contribution in [2.45, 2.75) is 31.7 Å². The summed E-state index contributed by atoms with van der Waals surface area (Å²) >= 11 is 0. The highest BCUT2D eigenvalue weighted by Crippen LogP contribution is 2.29. The molecule has 27 heavy (non-hydrogen) atoms. The highest BCUT2D eigenvalue weighted by molar-refractivity contribution is 5.88. The molecule has 6 nitrogen and oxygen atoms in total. The predicted octanol–water partition coefficient (Wildman–Crippen LogP) is 3.07. The average Bonchev–Trinajstić information content (AvgIpc) is 3.14. The molecule has 1 aliphatic heterocycles. The Balaban J connectivity index is 1.80. The zero-order chi connectivity index (χ0) is 19.4. The van der Waals surface area contributed by atoms with E-state index >= 15 is 0 Å². The smallest absolute Gasteiger partial charge is 0.330 e. The second kappa shape index (κ2) is 8.12. The van der Waals surface area contributed by atoms with E-state index in [4.69, 9.17) is 9.47 Å². The molecule has 2 unspecified atom stereocenters. The van der Waals surface area contributed by atoms with E-state index in [-0.39, 0.29) is 5.91 Å². The zero-order valence-electron chi connectivity index (χ0n) is 15.4. The van der Waals surface area contributed by atoms with Crippen molar-refractivity contribution in [2.24, 2.45) is 0 Å². The molecule has 1 aliphatic rings. The van der Waals surface area contributed by atoms with Crippen LogP contribution in [0.1, 0.15) is 42.0 Å². The number of aliphatic carboxylic acids is 1. The lowest BCUT2D eigenvalue weighted by atomic mass is 9.94. The molecule has 0 radical (unpaired) electrons. The fraction of sp³-hybridized carbons (Fsp3) is 0.333. The van der Waals surface area contributed by atoms with E-state index in [1.807, 2.05) is 19.1 Å². The van der Waals surface area contributed by atoms with Crippen LogP contribution >= 0.6 is 0 Å². The van der Waals surface area contributed by atoms with Gasteiger partial charge in [0.2, 0.25) is 5.91 Å². The number of rotatable bonds is 7. The molecule has 1 heterocycles. The monoisotopic (exact) mass is 369 g/mol.